The molecule has 0 bridgehead atoms. The van der Waals surface area contributed by atoms with Crippen molar-refractivity contribution >= 4 is 22.9 Å². The number of amides is 1. The Hall–Kier alpha value is -4.41. The minimum atomic E-state index is -1.12. The fourth-order valence-electron chi connectivity index (χ4n) is 2.51. The summed E-state index contributed by atoms with van der Waals surface area (Å²) < 4.78 is 20.6. The number of aromatic nitrogens is 3. The number of nitrogens with zero attached hydrogens (tertiary/aromatic N) is 3. The molecule has 4 aromatic rings. The summed E-state index contributed by atoms with van der Waals surface area (Å²) in [6.45, 7) is -0.466. The van der Waals surface area contributed by atoms with E-state index in [0.717, 1.165) is 0 Å². The first-order valence-electron chi connectivity index (χ1n) is 8.65. The van der Waals surface area contributed by atoms with Gasteiger partial charge in [0.15, 0.2) is 6.61 Å². The number of ether oxygens (including phenoxy) is 2. The first kappa shape index (κ1) is 18.9. The van der Waals surface area contributed by atoms with Gasteiger partial charge >= 0.3 is 5.97 Å². The average molecular weight is 410 g/mol. The van der Waals surface area contributed by atoms with Gasteiger partial charge in [-0.1, -0.05) is 0 Å². The third-order valence-corrected chi connectivity index (χ3v) is 3.85. The number of hydrogen-bond donors (Lipinski definition) is 2. The summed E-state index contributed by atoms with van der Waals surface area (Å²) in [4.78, 5) is 27.2. The average Bonchev–Trinajstić information content (AvgIpc) is 3.40. The zero-order valence-corrected chi connectivity index (χ0v) is 15.3. The number of nitrogens with one attached hydrogen (secondary N) is 1. The number of carboxylic acid groups (broad SMARTS) is 1. The number of benzene rings is 1. The molecule has 0 aliphatic heterocycles. The molecule has 3 aromatic heterocycles. The van der Waals surface area contributed by atoms with Crippen LogP contribution in [0.1, 0.15) is 16.1 Å². The highest BCUT2D eigenvalue weighted by atomic mass is 16.6. The van der Waals surface area contributed by atoms with Crippen LogP contribution in [0.4, 0.5) is 0 Å². The Morgan fingerprint density at radius 3 is 2.83 bits per heavy atom. The van der Waals surface area contributed by atoms with Crippen LogP contribution < -0.4 is 14.8 Å². The normalized spacial score (nSPS) is 10.7. The summed E-state index contributed by atoms with van der Waals surface area (Å²) in [6, 6.07) is 11.2. The zero-order chi connectivity index (χ0) is 20.9. The van der Waals surface area contributed by atoms with Gasteiger partial charge in [0.2, 0.25) is 5.88 Å². The topological polar surface area (TPSA) is 150 Å². The molecular formula is C19H14N4O7. The van der Waals surface area contributed by atoms with Gasteiger partial charge in [0, 0.05) is 18.3 Å². The zero-order valence-electron chi connectivity index (χ0n) is 15.3. The van der Waals surface area contributed by atoms with Crippen molar-refractivity contribution in [1.29, 1.82) is 0 Å². The predicted molar refractivity (Wildman–Crippen MR) is 99.1 cm³/mol. The predicted octanol–water partition coefficient (Wildman–Crippen LogP) is 2.40. The van der Waals surface area contributed by atoms with Gasteiger partial charge in [0.25, 0.3) is 11.9 Å². The van der Waals surface area contributed by atoms with Crippen molar-refractivity contribution in [1.82, 2.24) is 20.6 Å². The molecule has 1 amide bonds. The van der Waals surface area contributed by atoms with Crippen LogP contribution >= 0.6 is 0 Å². The maximum atomic E-state index is 12.6. The standard InChI is InChI=1S/C19H14N4O7/c24-16(25)10-27-17-6-4-12(28-17)9-21-18(26)13-2-1-7-20-19(13)29-11-3-5-14-15(8-11)23-30-22-14/h1-8H,9-10H2,(H,21,26)(H,24,25). The molecule has 0 aliphatic rings. The largest absolute Gasteiger partial charge is 0.479 e. The van der Waals surface area contributed by atoms with Crippen LogP contribution in [0.15, 0.2) is 57.7 Å². The number of aliphatic carboxylic acids is 1. The Labute approximate surface area is 168 Å². The third kappa shape index (κ3) is 4.35. The second kappa shape index (κ2) is 8.31. The summed E-state index contributed by atoms with van der Waals surface area (Å²) in [7, 11) is 0. The third-order valence-electron chi connectivity index (χ3n) is 3.85. The smallest absolute Gasteiger partial charge is 0.341 e. The molecule has 3 heterocycles. The van der Waals surface area contributed by atoms with Gasteiger partial charge in [0.05, 0.1) is 6.54 Å². The van der Waals surface area contributed by atoms with E-state index in [1.165, 1.54) is 12.3 Å². The monoisotopic (exact) mass is 410 g/mol. The van der Waals surface area contributed by atoms with E-state index in [2.05, 4.69) is 25.2 Å². The lowest BCUT2D eigenvalue weighted by molar-refractivity contribution is -0.139. The van der Waals surface area contributed by atoms with Crippen LogP contribution in [0.2, 0.25) is 0 Å². The molecule has 0 radical (unpaired) electrons. The SMILES string of the molecule is O=C(O)COc1ccc(CNC(=O)c2cccnc2Oc2ccc3nonc3c2)o1. The first-order valence-corrected chi connectivity index (χ1v) is 8.65. The highest BCUT2D eigenvalue weighted by molar-refractivity contribution is 5.96. The number of carbonyl (C=O) groups is 2. The maximum absolute atomic E-state index is 12.6. The molecule has 0 saturated heterocycles. The Balaban J connectivity index is 1.42. The van der Waals surface area contributed by atoms with Crippen LogP contribution in [0.25, 0.3) is 11.0 Å². The van der Waals surface area contributed by atoms with E-state index in [4.69, 9.17) is 19.0 Å². The summed E-state index contributed by atoms with van der Waals surface area (Å²) >= 11 is 0. The number of furan rings is 1. The minimum absolute atomic E-state index is 0.0461. The van der Waals surface area contributed by atoms with E-state index in [1.54, 1.807) is 36.4 Å². The summed E-state index contributed by atoms with van der Waals surface area (Å²) in [5, 5.41) is 18.8. The van der Waals surface area contributed by atoms with Crippen molar-refractivity contribution in [2.45, 2.75) is 6.54 Å². The van der Waals surface area contributed by atoms with E-state index in [9.17, 15) is 9.59 Å². The molecule has 0 atom stereocenters. The van der Waals surface area contributed by atoms with Crippen LogP contribution in [0.5, 0.6) is 17.6 Å². The number of rotatable bonds is 8. The van der Waals surface area contributed by atoms with Crippen LogP contribution in [0, 0.1) is 0 Å². The molecule has 0 fully saturated rings. The van der Waals surface area contributed by atoms with Crippen LogP contribution in [-0.2, 0) is 11.3 Å². The quantitative estimate of drug-likeness (QED) is 0.443. The Bertz CT molecular complexity index is 1200. The highest BCUT2D eigenvalue weighted by Crippen LogP contribution is 2.25. The van der Waals surface area contributed by atoms with E-state index >= 15 is 0 Å². The molecule has 0 aliphatic carbocycles. The molecule has 0 saturated carbocycles. The van der Waals surface area contributed by atoms with Gasteiger partial charge in [-0.3, -0.25) is 4.79 Å². The molecular weight excluding hydrogens is 396 g/mol. The molecule has 0 spiro atoms. The van der Waals surface area contributed by atoms with Crippen molar-refractivity contribution < 1.29 is 33.2 Å². The van der Waals surface area contributed by atoms with Gasteiger partial charge in [0.1, 0.15) is 28.1 Å². The summed E-state index contributed by atoms with van der Waals surface area (Å²) in [6.07, 6.45) is 1.50. The van der Waals surface area contributed by atoms with Crippen molar-refractivity contribution in [3.8, 4) is 17.6 Å². The second-order valence-corrected chi connectivity index (χ2v) is 5.96. The van der Waals surface area contributed by atoms with E-state index in [0.29, 0.717) is 22.5 Å². The van der Waals surface area contributed by atoms with Crippen LogP contribution in [-0.4, -0.2) is 38.9 Å². The van der Waals surface area contributed by atoms with Gasteiger partial charge in [-0.05, 0) is 40.6 Å². The van der Waals surface area contributed by atoms with Crippen LogP contribution in [0.3, 0.4) is 0 Å². The molecule has 11 nitrogen and oxygen atoms in total. The summed E-state index contributed by atoms with van der Waals surface area (Å²) in [5.41, 5.74) is 1.30. The Kier molecular flexibility index (Phi) is 5.24. The number of fused-ring (bicyclic) bond motifs is 1. The molecule has 11 heteroatoms. The van der Waals surface area contributed by atoms with Gasteiger partial charge < -0.3 is 24.3 Å². The molecule has 152 valence electrons. The molecule has 2 N–H and O–H groups in total. The van der Waals surface area contributed by atoms with Crippen molar-refractivity contribution in [2.24, 2.45) is 0 Å². The number of pyridine rings is 1. The number of carboxylic acids is 1. The van der Waals surface area contributed by atoms with Gasteiger partial charge in [-0.2, -0.15) is 0 Å². The number of hydrogen-bond acceptors (Lipinski definition) is 9. The maximum Gasteiger partial charge on any atom is 0.341 e. The van der Waals surface area contributed by atoms with Crippen molar-refractivity contribution in [3.63, 3.8) is 0 Å². The van der Waals surface area contributed by atoms with E-state index in [1.807, 2.05) is 0 Å². The van der Waals surface area contributed by atoms with Gasteiger partial charge in [-0.15, -0.1) is 0 Å². The van der Waals surface area contributed by atoms with E-state index in [-0.39, 0.29) is 23.9 Å². The second-order valence-electron chi connectivity index (χ2n) is 5.96. The first-order chi connectivity index (χ1) is 14.6. The fraction of sp³-hybridized carbons (Fsp3) is 0.105. The molecule has 0 unspecified atom stereocenters. The Morgan fingerprint density at radius 2 is 1.97 bits per heavy atom. The summed E-state index contributed by atoms with van der Waals surface area (Å²) in [5.74, 6) is -0.604. The number of carbonyl (C=O) groups excluding carboxylic acids is 1. The lowest BCUT2D eigenvalue weighted by atomic mass is 10.2. The minimum Gasteiger partial charge on any atom is -0.479 e. The lowest BCUT2D eigenvalue weighted by Crippen LogP contribution is -2.23. The highest BCUT2D eigenvalue weighted by Gasteiger charge is 2.16. The van der Waals surface area contributed by atoms with Crippen molar-refractivity contribution in [2.75, 3.05) is 6.61 Å². The molecule has 30 heavy (non-hydrogen) atoms. The fourth-order valence-corrected chi connectivity index (χ4v) is 2.51. The lowest BCUT2D eigenvalue weighted by Gasteiger charge is -2.09. The van der Waals surface area contributed by atoms with E-state index < -0.39 is 18.5 Å². The molecule has 1 aromatic carbocycles. The molecule has 4 rings (SSSR count). The van der Waals surface area contributed by atoms with Crippen molar-refractivity contribution in [3.05, 3.63) is 60.0 Å². The Morgan fingerprint density at radius 1 is 1.10 bits per heavy atom. The van der Waals surface area contributed by atoms with Gasteiger partial charge in [-0.25, -0.2) is 14.4 Å².